The van der Waals surface area contributed by atoms with E-state index in [1.54, 1.807) is 24.5 Å². The Morgan fingerprint density at radius 3 is 3.18 bits per heavy atom. The molecule has 2 heterocycles. The lowest BCUT2D eigenvalue weighted by atomic mass is 10.1. The van der Waals surface area contributed by atoms with Crippen LogP contribution in [0.3, 0.4) is 0 Å². The van der Waals surface area contributed by atoms with Crippen LogP contribution in [-0.4, -0.2) is 24.7 Å². The lowest BCUT2D eigenvalue weighted by molar-refractivity contribution is -0.117. The van der Waals surface area contributed by atoms with E-state index >= 15 is 0 Å². The van der Waals surface area contributed by atoms with Crippen LogP contribution in [0.25, 0.3) is 6.08 Å². The van der Waals surface area contributed by atoms with Gasteiger partial charge in [0, 0.05) is 12.7 Å². The van der Waals surface area contributed by atoms with Gasteiger partial charge in [-0.2, -0.15) is 0 Å². The number of rotatable bonds is 4. The van der Waals surface area contributed by atoms with E-state index in [1.807, 2.05) is 6.92 Å². The number of carbonyl (C=O) groups excluding carboxylic acids is 1. The number of ether oxygens (including phenoxy) is 1. The van der Waals surface area contributed by atoms with Crippen LogP contribution in [0.4, 0.5) is 0 Å². The van der Waals surface area contributed by atoms with Gasteiger partial charge in [0.05, 0.1) is 18.4 Å². The second-order valence-corrected chi connectivity index (χ2v) is 4.20. The Balaban J connectivity index is 1.80. The third-order valence-corrected chi connectivity index (χ3v) is 2.83. The van der Waals surface area contributed by atoms with Gasteiger partial charge in [0.15, 0.2) is 0 Å². The summed E-state index contributed by atoms with van der Waals surface area (Å²) in [5, 5.41) is 2.89. The van der Waals surface area contributed by atoms with Crippen LogP contribution in [-0.2, 0) is 9.53 Å². The third kappa shape index (κ3) is 3.46. The van der Waals surface area contributed by atoms with E-state index in [9.17, 15) is 4.79 Å². The van der Waals surface area contributed by atoms with Gasteiger partial charge in [0.2, 0.25) is 5.91 Å². The van der Waals surface area contributed by atoms with Gasteiger partial charge >= 0.3 is 0 Å². The highest BCUT2D eigenvalue weighted by Crippen LogP contribution is 2.15. The molecule has 1 N–H and O–H groups in total. The predicted molar refractivity (Wildman–Crippen MR) is 64.3 cm³/mol. The monoisotopic (exact) mass is 235 g/mol. The summed E-state index contributed by atoms with van der Waals surface area (Å²) >= 11 is 0. The SMILES string of the molecule is CC(NC(=O)C=Cc1ccco1)C1CCCO1. The molecule has 0 saturated carbocycles. The Hall–Kier alpha value is -1.55. The largest absolute Gasteiger partial charge is 0.465 e. The molecule has 0 aliphatic carbocycles. The minimum absolute atomic E-state index is 0.0475. The predicted octanol–water partition coefficient (Wildman–Crippen LogP) is 1.98. The lowest BCUT2D eigenvalue weighted by Gasteiger charge is -2.18. The van der Waals surface area contributed by atoms with Crippen molar-refractivity contribution in [3.63, 3.8) is 0 Å². The summed E-state index contributed by atoms with van der Waals surface area (Å²) in [5.74, 6) is 0.550. The van der Waals surface area contributed by atoms with Gasteiger partial charge in [-0.25, -0.2) is 0 Å². The van der Waals surface area contributed by atoms with Crippen molar-refractivity contribution >= 4 is 12.0 Å². The molecule has 92 valence electrons. The number of amides is 1. The fourth-order valence-corrected chi connectivity index (χ4v) is 1.91. The lowest BCUT2D eigenvalue weighted by Crippen LogP contribution is -2.39. The van der Waals surface area contributed by atoms with Crippen LogP contribution in [0.2, 0.25) is 0 Å². The third-order valence-electron chi connectivity index (χ3n) is 2.83. The zero-order valence-corrected chi connectivity index (χ0v) is 9.89. The molecule has 4 heteroatoms. The van der Waals surface area contributed by atoms with Crippen molar-refractivity contribution in [3.8, 4) is 0 Å². The Morgan fingerprint density at radius 1 is 1.65 bits per heavy atom. The molecule has 1 fully saturated rings. The number of furan rings is 1. The van der Waals surface area contributed by atoms with Crippen molar-refractivity contribution in [3.05, 3.63) is 30.2 Å². The van der Waals surface area contributed by atoms with E-state index in [4.69, 9.17) is 9.15 Å². The molecule has 0 bridgehead atoms. The van der Waals surface area contributed by atoms with Crippen LogP contribution in [0.5, 0.6) is 0 Å². The maximum Gasteiger partial charge on any atom is 0.244 e. The summed E-state index contributed by atoms with van der Waals surface area (Å²) in [6, 6.07) is 3.63. The Bertz CT molecular complexity index is 377. The van der Waals surface area contributed by atoms with Crippen molar-refractivity contribution in [1.29, 1.82) is 0 Å². The van der Waals surface area contributed by atoms with Gasteiger partial charge in [0.25, 0.3) is 0 Å². The van der Waals surface area contributed by atoms with Crippen molar-refractivity contribution in [2.45, 2.75) is 31.9 Å². The molecular weight excluding hydrogens is 218 g/mol. The van der Waals surface area contributed by atoms with E-state index < -0.39 is 0 Å². The molecular formula is C13H17NO3. The van der Waals surface area contributed by atoms with E-state index in [-0.39, 0.29) is 18.1 Å². The topological polar surface area (TPSA) is 51.5 Å². The molecule has 17 heavy (non-hydrogen) atoms. The molecule has 2 rings (SSSR count). The van der Waals surface area contributed by atoms with Crippen molar-refractivity contribution in [2.75, 3.05) is 6.61 Å². The first-order valence-corrected chi connectivity index (χ1v) is 5.89. The van der Waals surface area contributed by atoms with Gasteiger partial charge < -0.3 is 14.5 Å². The van der Waals surface area contributed by atoms with Gasteiger partial charge in [-0.3, -0.25) is 4.79 Å². The molecule has 2 unspecified atom stereocenters. The molecule has 0 radical (unpaired) electrons. The highest BCUT2D eigenvalue weighted by Gasteiger charge is 2.22. The number of nitrogens with one attached hydrogen (secondary N) is 1. The molecule has 1 saturated heterocycles. The van der Waals surface area contributed by atoms with Crippen LogP contribution in [0, 0.1) is 0 Å². The fourth-order valence-electron chi connectivity index (χ4n) is 1.91. The van der Waals surface area contributed by atoms with E-state index in [2.05, 4.69) is 5.32 Å². The normalized spacial score (nSPS) is 21.8. The minimum atomic E-state index is -0.121. The standard InChI is InChI=1S/C13H17NO3/c1-10(12-5-3-9-17-12)14-13(15)7-6-11-4-2-8-16-11/h2,4,6-8,10,12H,3,5,9H2,1H3,(H,14,15). The highest BCUT2D eigenvalue weighted by molar-refractivity contribution is 5.91. The molecule has 0 aromatic carbocycles. The van der Waals surface area contributed by atoms with Gasteiger partial charge in [-0.15, -0.1) is 0 Å². The van der Waals surface area contributed by atoms with Crippen LogP contribution < -0.4 is 5.32 Å². The van der Waals surface area contributed by atoms with Crippen molar-refractivity contribution in [1.82, 2.24) is 5.32 Å². The fraction of sp³-hybridized carbons (Fsp3) is 0.462. The minimum Gasteiger partial charge on any atom is -0.465 e. The van der Waals surface area contributed by atoms with E-state index in [0.29, 0.717) is 5.76 Å². The number of carbonyl (C=O) groups is 1. The molecule has 1 aliphatic rings. The molecule has 1 aromatic rings. The molecule has 0 spiro atoms. The molecule has 4 nitrogen and oxygen atoms in total. The molecule has 1 aromatic heterocycles. The van der Waals surface area contributed by atoms with E-state index in [0.717, 1.165) is 19.4 Å². The number of hydrogen-bond acceptors (Lipinski definition) is 3. The van der Waals surface area contributed by atoms with Crippen LogP contribution in [0.1, 0.15) is 25.5 Å². The molecule has 1 aliphatic heterocycles. The Kier molecular flexibility index (Phi) is 3.98. The summed E-state index contributed by atoms with van der Waals surface area (Å²) in [7, 11) is 0. The van der Waals surface area contributed by atoms with Gasteiger partial charge in [0.1, 0.15) is 5.76 Å². The van der Waals surface area contributed by atoms with Gasteiger partial charge in [-0.1, -0.05) is 0 Å². The summed E-state index contributed by atoms with van der Waals surface area (Å²) in [6.07, 6.45) is 6.95. The zero-order chi connectivity index (χ0) is 12.1. The Morgan fingerprint density at radius 2 is 2.53 bits per heavy atom. The van der Waals surface area contributed by atoms with Gasteiger partial charge in [-0.05, 0) is 38.0 Å². The van der Waals surface area contributed by atoms with Crippen LogP contribution in [0.15, 0.2) is 28.9 Å². The summed E-state index contributed by atoms with van der Waals surface area (Å²) in [5.41, 5.74) is 0. The molecule has 2 atom stereocenters. The summed E-state index contributed by atoms with van der Waals surface area (Å²) in [4.78, 5) is 11.6. The maximum absolute atomic E-state index is 11.6. The van der Waals surface area contributed by atoms with Crippen molar-refractivity contribution < 1.29 is 13.9 Å². The van der Waals surface area contributed by atoms with E-state index in [1.165, 1.54) is 6.08 Å². The maximum atomic E-state index is 11.6. The first kappa shape index (κ1) is 11.9. The smallest absolute Gasteiger partial charge is 0.244 e. The summed E-state index contributed by atoms with van der Waals surface area (Å²) < 4.78 is 10.6. The molecule has 1 amide bonds. The number of hydrogen-bond donors (Lipinski definition) is 1. The first-order chi connectivity index (χ1) is 8.25. The average molecular weight is 235 g/mol. The zero-order valence-electron chi connectivity index (χ0n) is 9.89. The van der Waals surface area contributed by atoms with Crippen molar-refractivity contribution in [2.24, 2.45) is 0 Å². The quantitative estimate of drug-likeness (QED) is 0.812. The second kappa shape index (κ2) is 5.68. The Labute approximate surface area is 101 Å². The summed E-state index contributed by atoms with van der Waals surface area (Å²) in [6.45, 7) is 2.77. The average Bonchev–Trinajstić information content (AvgIpc) is 2.99. The second-order valence-electron chi connectivity index (χ2n) is 4.20. The highest BCUT2D eigenvalue weighted by atomic mass is 16.5. The first-order valence-electron chi connectivity index (χ1n) is 5.89. The van der Waals surface area contributed by atoms with Crippen LogP contribution >= 0.6 is 0 Å².